The van der Waals surface area contributed by atoms with Gasteiger partial charge in [-0.3, -0.25) is 4.79 Å². The minimum absolute atomic E-state index is 0.0633. The number of carbonyl (C=O) groups is 1. The maximum absolute atomic E-state index is 12.9. The molecule has 1 fully saturated rings. The third-order valence-electron chi connectivity index (χ3n) is 4.95. The minimum atomic E-state index is -3.71. The fraction of sp³-hybridized carbons (Fsp3) is 0.381. The smallest absolute Gasteiger partial charge is 0.255 e. The first-order valence-corrected chi connectivity index (χ1v) is 10.9. The number of nitrogens with zero attached hydrogens (tertiary/aromatic N) is 1. The monoisotopic (exact) mass is 418 g/mol. The van der Waals surface area contributed by atoms with Gasteiger partial charge in [0.2, 0.25) is 10.0 Å². The Balaban J connectivity index is 1.86. The number of aryl methyl sites for hydroxylation is 1. The van der Waals surface area contributed by atoms with E-state index < -0.39 is 15.9 Å². The third kappa shape index (κ3) is 4.77. The molecule has 1 aliphatic heterocycles. The number of morpholine rings is 1. The lowest BCUT2D eigenvalue weighted by molar-refractivity contribution is 0.0730. The predicted molar refractivity (Wildman–Crippen MR) is 110 cm³/mol. The van der Waals surface area contributed by atoms with Gasteiger partial charge in [-0.05, 0) is 37.6 Å². The van der Waals surface area contributed by atoms with Crippen molar-refractivity contribution < 1.29 is 22.7 Å². The second-order valence-corrected chi connectivity index (χ2v) is 8.92. The fourth-order valence-corrected chi connectivity index (χ4v) is 4.61. The van der Waals surface area contributed by atoms with E-state index in [0.717, 1.165) is 11.1 Å². The molecule has 2 aromatic rings. The highest BCUT2D eigenvalue weighted by atomic mass is 32.2. The number of methoxy groups -OCH3 is 1. The van der Waals surface area contributed by atoms with E-state index in [1.165, 1.54) is 29.6 Å². The van der Waals surface area contributed by atoms with Crippen LogP contribution in [-0.4, -0.2) is 52.0 Å². The normalized spacial score (nSPS) is 16.2. The van der Waals surface area contributed by atoms with Gasteiger partial charge < -0.3 is 14.8 Å². The maximum Gasteiger partial charge on any atom is 0.255 e. The molecule has 8 heteroatoms. The molecule has 156 valence electrons. The van der Waals surface area contributed by atoms with Crippen molar-refractivity contribution in [2.24, 2.45) is 0 Å². The van der Waals surface area contributed by atoms with E-state index in [1.54, 1.807) is 0 Å². The number of hydrogen-bond donors (Lipinski definition) is 1. The van der Waals surface area contributed by atoms with Gasteiger partial charge in [-0.1, -0.05) is 29.8 Å². The van der Waals surface area contributed by atoms with Gasteiger partial charge in [0, 0.05) is 13.1 Å². The van der Waals surface area contributed by atoms with Crippen LogP contribution < -0.4 is 10.1 Å². The van der Waals surface area contributed by atoms with Gasteiger partial charge in [0.25, 0.3) is 5.91 Å². The fourth-order valence-electron chi connectivity index (χ4n) is 3.17. The average Bonchev–Trinajstić information content (AvgIpc) is 2.74. The molecule has 2 aromatic carbocycles. The van der Waals surface area contributed by atoms with Crippen molar-refractivity contribution in [3.05, 3.63) is 59.2 Å². The Hall–Kier alpha value is -2.42. The maximum atomic E-state index is 12.9. The van der Waals surface area contributed by atoms with Crippen molar-refractivity contribution in [3.63, 3.8) is 0 Å². The van der Waals surface area contributed by atoms with Crippen molar-refractivity contribution >= 4 is 15.9 Å². The molecule has 1 amide bonds. The lowest BCUT2D eigenvalue weighted by Gasteiger charge is -2.26. The lowest BCUT2D eigenvalue weighted by Crippen LogP contribution is -2.40. The first-order chi connectivity index (χ1) is 13.8. The van der Waals surface area contributed by atoms with Crippen molar-refractivity contribution in [3.8, 4) is 5.75 Å². The number of sulfonamides is 1. The zero-order valence-electron chi connectivity index (χ0n) is 16.8. The summed E-state index contributed by atoms with van der Waals surface area (Å²) in [6, 6.07) is 12.0. The Bertz CT molecular complexity index is 967. The molecule has 1 aliphatic rings. The van der Waals surface area contributed by atoms with Crippen molar-refractivity contribution in [1.29, 1.82) is 0 Å². The van der Waals surface area contributed by atoms with Gasteiger partial charge >= 0.3 is 0 Å². The summed E-state index contributed by atoms with van der Waals surface area (Å²) >= 11 is 0. The summed E-state index contributed by atoms with van der Waals surface area (Å²) in [4.78, 5) is 13.0. The lowest BCUT2D eigenvalue weighted by atomic mass is 10.1. The van der Waals surface area contributed by atoms with Gasteiger partial charge in [-0.25, -0.2) is 8.42 Å². The van der Waals surface area contributed by atoms with Crippen molar-refractivity contribution in [2.75, 3.05) is 33.4 Å². The summed E-state index contributed by atoms with van der Waals surface area (Å²) in [5, 5.41) is 2.92. The van der Waals surface area contributed by atoms with E-state index in [-0.39, 0.29) is 16.5 Å². The Morgan fingerprint density at radius 2 is 1.79 bits per heavy atom. The van der Waals surface area contributed by atoms with Gasteiger partial charge in [-0.15, -0.1) is 0 Å². The number of rotatable bonds is 6. The number of benzene rings is 2. The molecule has 0 aliphatic carbocycles. The van der Waals surface area contributed by atoms with Crippen molar-refractivity contribution in [2.45, 2.75) is 24.8 Å². The molecule has 0 bridgehead atoms. The van der Waals surface area contributed by atoms with Gasteiger partial charge in [0.15, 0.2) is 0 Å². The number of ether oxygens (including phenoxy) is 2. The molecule has 1 atom stereocenters. The quantitative estimate of drug-likeness (QED) is 0.779. The molecule has 29 heavy (non-hydrogen) atoms. The van der Waals surface area contributed by atoms with E-state index in [2.05, 4.69) is 5.32 Å². The standard InChI is InChI=1S/C21H26N2O5S/c1-15-4-6-17(7-5-15)16(2)22-21(24)19-14-18(8-9-20(19)27-3)29(25,26)23-10-12-28-13-11-23/h4-9,14,16H,10-13H2,1-3H3,(H,22,24)/t16-/m0/s1. The Morgan fingerprint density at radius 3 is 2.41 bits per heavy atom. The largest absolute Gasteiger partial charge is 0.496 e. The first-order valence-electron chi connectivity index (χ1n) is 9.46. The summed E-state index contributed by atoms with van der Waals surface area (Å²) in [6.07, 6.45) is 0. The summed E-state index contributed by atoms with van der Waals surface area (Å²) in [6.45, 7) is 5.18. The minimum Gasteiger partial charge on any atom is -0.496 e. The third-order valence-corrected chi connectivity index (χ3v) is 6.84. The van der Waals surface area contributed by atoms with Crippen LogP contribution in [0.5, 0.6) is 5.75 Å². The second kappa shape index (κ2) is 8.94. The van der Waals surface area contributed by atoms with Gasteiger partial charge in [-0.2, -0.15) is 4.31 Å². The number of nitrogens with one attached hydrogen (secondary N) is 1. The summed E-state index contributed by atoms with van der Waals surface area (Å²) in [7, 11) is -2.26. The number of carbonyl (C=O) groups excluding carboxylic acids is 1. The second-order valence-electron chi connectivity index (χ2n) is 6.98. The van der Waals surface area contributed by atoms with Crippen LogP contribution in [0.2, 0.25) is 0 Å². The summed E-state index contributed by atoms with van der Waals surface area (Å²) in [5.41, 5.74) is 2.27. The van der Waals surface area contributed by atoms with Crippen molar-refractivity contribution in [1.82, 2.24) is 9.62 Å². The predicted octanol–water partition coefficient (Wildman–Crippen LogP) is 2.52. The highest BCUT2D eigenvalue weighted by Crippen LogP contribution is 2.26. The highest BCUT2D eigenvalue weighted by Gasteiger charge is 2.28. The van der Waals surface area contributed by atoms with Crippen LogP contribution >= 0.6 is 0 Å². The van der Waals surface area contributed by atoms with E-state index in [1.807, 2.05) is 38.1 Å². The Labute approximate surface area is 171 Å². The van der Waals surface area contributed by atoms with Crippen LogP contribution in [0.15, 0.2) is 47.4 Å². The first kappa shape index (κ1) is 21.3. The molecule has 0 aromatic heterocycles. The molecule has 1 heterocycles. The summed E-state index contributed by atoms with van der Waals surface area (Å²) in [5.74, 6) is -0.0755. The van der Waals surface area contributed by atoms with E-state index >= 15 is 0 Å². The Kier molecular flexibility index (Phi) is 6.56. The number of amides is 1. The molecule has 0 saturated carbocycles. The zero-order chi connectivity index (χ0) is 21.0. The van der Waals surface area contributed by atoms with Gasteiger partial charge in [0.1, 0.15) is 5.75 Å². The SMILES string of the molecule is COc1ccc(S(=O)(=O)N2CCOCC2)cc1C(=O)N[C@@H](C)c1ccc(C)cc1. The van der Waals surface area contributed by atoms with Crippen LogP contribution in [0.3, 0.4) is 0 Å². The molecule has 1 N–H and O–H groups in total. The average molecular weight is 419 g/mol. The van der Waals surface area contributed by atoms with E-state index in [9.17, 15) is 13.2 Å². The molecular weight excluding hydrogens is 392 g/mol. The van der Waals surface area contributed by atoms with Crippen LogP contribution in [0.1, 0.15) is 34.5 Å². The molecule has 7 nitrogen and oxygen atoms in total. The summed E-state index contributed by atoms with van der Waals surface area (Å²) < 4.78 is 37.8. The highest BCUT2D eigenvalue weighted by molar-refractivity contribution is 7.89. The van der Waals surface area contributed by atoms with Gasteiger partial charge in [0.05, 0.1) is 36.8 Å². The van der Waals surface area contributed by atoms with Crippen LogP contribution in [-0.2, 0) is 14.8 Å². The van der Waals surface area contributed by atoms with E-state index in [4.69, 9.17) is 9.47 Å². The van der Waals surface area contributed by atoms with Crippen LogP contribution in [0.4, 0.5) is 0 Å². The molecule has 0 spiro atoms. The number of hydrogen-bond acceptors (Lipinski definition) is 5. The Morgan fingerprint density at radius 1 is 1.14 bits per heavy atom. The molecular formula is C21H26N2O5S. The molecule has 0 unspecified atom stereocenters. The molecule has 0 radical (unpaired) electrons. The topological polar surface area (TPSA) is 84.9 Å². The van der Waals surface area contributed by atoms with E-state index in [0.29, 0.717) is 32.1 Å². The molecule has 3 rings (SSSR count). The van der Waals surface area contributed by atoms with Crippen LogP contribution in [0, 0.1) is 6.92 Å². The van der Waals surface area contributed by atoms with Crippen LogP contribution in [0.25, 0.3) is 0 Å². The molecule has 1 saturated heterocycles. The zero-order valence-corrected chi connectivity index (χ0v) is 17.7.